The molecule has 0 aliphatic heterocycles. The van der Waals surface area contributed by atoms with E-state index >= 15 is 4.39 Å². The molecule has 2 aromatic carbocycles. The number of nitrogens with one attached hydrogen (secondary N) is 1. The van der Waals surface area contributed by atoms with Gasteiger partial charge in [0.15, 0.2) is 0 Å². The Bertz CT molecular complexity index is 796. The molecule has 0 aromatic heterocycles. The van der Waals surface area contributed by atoms with E-state index in [1.54, 1.807) is 6.07 Å². The maximum Gasteiger partial charge on any atom is 0.127 e. The van der Waals surface area contributed by atoms with Gasteiger partial charge in [0.25, 0.3) is 0 Å². The Labute approximate surface area is 182 Å². The van der Waals surface area contributed by atoms with Crippen molar-refractivity contribution in [3.63, 3.8) is 0 Å². The summed E-state index contributed by atoms with van der Waals surface area (Å²) in [6.45, 7) is 5.67. The summed E-state index contributed by atoms with van der Waals surface area (Å²) < 4.78 is 15.0. The third kappa shape index (κ3) is 5.14. The standard InChI is InChI=1S/C28H38FN/c1-3-18-30-26-15-12-24(13-16-26)27-17-14-25(19-28(27)29)23-10-8-22(9-11-23)21-6-4-20(2)5-7-21/h8-11,14,17,19-21,24,26,30H,3-7,12-13,15-16,18H2,1-2H3. The predicted octanol–water partition coefficient (Wildman–Crippen LogP) is 7.81. The lowest BCUT2D eigenvalue weighted by Crippen LogP contribution is -2.33. The van der Waals surface area contributed by atoms with Gasteiger partial charge in [0.1, 0.15) is 5.82 Å². The Morgan fingerprint density at radius 2 is 1.43 bits per heavy atom. The van der Waals surface area contributed by atoms with Gasteiger partial charge in [0.2, 0.25) is 0 Å². The molecular weight excluding hydrogens is 369 g/mol. The molecule has 2 aliphatic carbocycles. The van der Waals surface area contributed by atoms with Crippen LogP contribution in [0.15, 0.2) is 42.5 Å². The molecule has 0 amide bonds. The van der Waals surface area contributed by atoms with E-state index in [0.717, 1.165) is 54.8 Å². The van der Waals surface area contributed by atoms with Crippen molar-refractivity contribution in [2.24, 2.45) is 5.92 Å². The summed E-state index contributed by atoms with van der Waals surface area (Å²) in [7, 11) is 0. The normalized spacial score (nSPS) is 27.2. The minimum atomic E-state index is -0.0252. The minimum Gasteiger partial charge on any atom is -0.314 e. The highest BCUT2D eigenvalue weighted by Gasteiger charge is 2.24. The Morgan fingerprint density at radius 1 is 0.800 bits per heavy atom. The average Bonchev–Trinajstić information content (AvgIpc) is 2.79. The van der Waals surface area contributed by atoms with Crippen LogP contribution < -0.4 is 5.32 Å². The van der Waals surface area contributed by atoms with Crippen molar-refractivity contribution >= 4 is 0 Å². The summed E-state index contributed by atoms with van der Waals surface area (Å²) >= 11 is 0. The van der Waals surface area contributed by atoms with Gasteiger partial charge in [-0.2, -0.15) is 0 Å². The Hall–Kier alpha value is -1.67. The molecule has 0 radical (unpaired) electrons. The van der Waals surface area contributed by atoms with Gasteiger partial charge >= 0.3 is 0 Å². The molecular formula is C28H38FN. The van der Waals surface area contributed by atoms with E-state index in [1.165, 1.54) is 37.7 Å². The third-order valence-electron chi connectivity index (χ3n) is 7.58. The summed E-state index contributed by atoms with van der Waals surface area (Å²) in [4.78, 5) is 0. The van der Waals surface area contributed by atoms with Crippen molar-refractivity contribution in [2.75, 3.05) is 6.54 Å². The SMILES string of the molecule is CCCNC1CCC(c2ccc(-c3ccc(C4CCC(C)CC4)cc3)cc2F)CC1. The van der Waals surface area contributed by atoms with Crippen LogP contribution in [0, 0.1) is 11.7 Å². The third-order valence-corrected chi connectivity index (χ3v) is 7.58. The van der Waals surface area contributed by atoms with Crippen LogP contribution in [0.5, 0.6) is 0 Å². The van der Waals surface area contributed by atoms with Gasteiger partial charge in [-0.3, -0.25) is 0 Å². The summed E-state index contributed by atoms with van der Waals surface area (Å²) in [5.41, 5.74) is 4.50. The number of hydrogen-bond donors (Lipinski definition) is 1. The highest BCUT2D eigenvalue weighted by molar-refractivity contribution is 5.64. The molecule has 0 atom stereocenters. The molecule has 2 fully saturated rings. The van der Waals surface area contributed by atoms with Crippen molar-refractivity contribution in [3.8, 4) is 11.1 Å². The van der Waals surface area contributed by atoms with Crippen LogP contribution in [0.3, 0.4) is 0 Å². The van der Waals surface area contributed by atoms with E-state index in [1.807, 2.05) is 6.07 Å². The van der Waals surface area contributed by atoms with E-state index in [4.69, 9.17) is 0 Å². The summed E-state index contributed by atoms with van der Waals surface area (Å²) in [6, 6.07) is 15.5. The number of benzene rings is 2. The number of hydrogen-bond acceptors (Lipinski definition) is 1. The van der Waals surface area contributed by atoms with Crippen molar-refractivity contribution in [3.05, 3.63) is 59.4 Å². The maximum atomic E-state index is 15.0. The molecule has 162 valence electrons. The number of rotatable bonds is 6. The highest BCUT2D eigenvalue weighted by Crippen LogP contribution is 2.38. The fourth-order valence-corrected chi connectivity index (χ4v) is 5.54. The molecule has 0 spiro atoms. The zero-order valence-corrected chi connectivity index (χ0v) is 18.8. The van der Waals surface area contributed by atoms with Crippen molar-refractivity contribution < 1.29 is 4.39 Å². The van der Waals surface area contributed by atoms with Crippen molar-refractivity contribution in [1.29, 1.82) is 0 Å². The molecule has 0 heterocycles. The molecule has 2 aliphatic rings. The lowest BCUT2D eigenvalue weighted by molar-refractivity contribution is 0.339. The first-order chi connectivity index (χ1) is 14.6. The van der Waals surface area contributed by atoms with Gasteiger partial charge < -0.3 is 5.32 Å². The Kier molecular flexibility index (Phi) is 7.25. The van der Waals surface area contributed by atoms with Crippen LogP contribution in [0.25, 0.3) is 11.1 Å². The number of halogens is 1. The fourth-order valence-electron chi connectivity index (χ4n) is 5.54. The van der Waals surface area contributed by atoms with E-state index in [9.17, 15) is 0 Å². The first-order valence-corrected chi connectivity index (χ1v) is 12.3. The molecule has 0 unspecified atom stereocenters. The smallest absolute Gasteiger partial charge is 0.127 e. The fraction of sp³-hybridized carbons (Fsp3) is 0.571. The van der Waals surface area contributed by atoms with Gasteiger partial charge in [-0.05, 0) is 97.6 Å². The molecule has 2 saturated carbocycles. The molecule has 2 heteroatoms. The molecule has 1 nitrogen and oxygen atoms in total. The van der Waals surface area contributed by atoms with Crippen LogP contribution in [-0.2, 0) is 0 Å². The predicted molar refractivity (Wildman–Crippen MR) is 125 cm³/mol. The zero-order chi connectivity index (χ0) is 20.9. The van der Waals surface area contributed by atoms with Crippen LogP contribution in [0.2, 0.25) is 0 Å². The van der Waals surface area contributed by atoms with E-state index in [2.05, 4.69) is 49.5 Å². The monoisotopic (exact) mass is 407 g/mol. The molecule has 4 rings (SSSR count). The largest absolute Gasteiger partial charge is 0.314 e. The quantitative estimate of drug-likeness (QED) is 0.515. The topological polar surface area (TPSA) is 12.0 Å². The molecule has 0 saturated heterocycles. The lowest BCUT2D eigenvalue weighted by atomic mass is 9.79. The lowest BCUT2D eigenvalue weighted by Gasteiger charge is -2.29. The first kappa shape index (κ1) is 21.6. The van der Waals surface area contributed by atoms with E-state index < -0.39 is 0 Å². The van der Waals surface area contributed by atoms with Gasteiger partial charge in [0, 0.05) is 6.04 Å². The summed E-state index contributed by atoms with van der Waals surface area (Å²) in [5, 5.41) is 3.62. The van der Waals surface area contributed by atoms with Crippen LogP contribution in [0.4, 0.5) is 4.39 Å². The molecule has 0 bridgehead atoms. The van der Waals surface area contributed by atoms with Gasteiger partial charge in [-0.15, -0.1) is 0 Å². The van der Waals surface area contributed by atoms with E-state index in [0.29, 0.717) is 17.9 Å². The first-order valence-electron chi connectivity index (χ1n) is 12.3. The average molecular weight is 408 g/mol. The summed E-state index contributed by atoms with van der Waals surface area (Å²) in [5.74, 6) is 1.93. The Balaban J connectivity index is 1.40. The van der Waals surface area contributed by atoms with Crippen molar-refractivity contribution in [1.82, 2.24) is 5.32 Å². The van der Waals surface area contributed by atoms with Crippen molar-refractivity contribution in [2.45, 2.75) is 89.5 Å². The second-order valence-corrected chi connectivity index (χ2v) is 9.82. The molecule has 2 aromatic rings. The van der Waals surface area contributed by atoms with E-state index in [-0.39, 0.29) is 5.82 Å². The van der Waals surface area contributed by atoms with Crippen LogP contribution in [0.1, 0.15) is 94.6 Å². The second-order valence-electron chi connectivity index (χ2n) is 9.82. The maximum absolute atomic E-state index is 15.0. The van der Waals surface area contributed by atoms with Gasteiger partial charge in [-0.25, -0.2) is 4.39 Å². The zero-order valence-electron chi connectivity index (χ0n) is 18.8. The second kappa shape index (κ2) is 10.1. The minimum absolute atomic E-state index is 0.0252. The Morgan fingerprint density at radius 3 is 2.07 bits per heavy atom. The van der Waals surface area contributed by atoms with Gasteiger partial charge in [0.05, 0.1) is 0 Å². The molecule has 1 N–H and O–H groups in total. The van der Waals surface area contributed by atoms with Gasteiger partial charge in [-0.1, -0.05) is 63.1 Å². The molecule has 30 heavy (non-hydrogen) atoms. The summed E-state index contributed by atoms with van der Waals surface area (Å²) in [6.07, 6.45) is 11.0. The van der Waals surface area contributed by atoms with Crippen LogP contribution in [-0.4, -0.2) is 12.6 Å². The highest BCUT2D eigenvalue weighted by atomic mass is 19.1. The van der Waals surface area contributed by atoms with Crippen LogP contribution >= 0.6 is 0 Å².